The van der Waals surface area contributed by atoms with Crippen LogP contribution in [0.15, 0.2) is 30.3 Å². The second-order valence-corrected chi connectivity index (χ2v) is 4.67. The van der Waals surface area contributed by atoms with Crippen LogP contribution in [0.5, 0.6) is 0 Å². The molecule has 0 radical (unpaired) electrons. The van der Waals surface area contributed by atoms with Crippen LogP contribution in [0.2, 0.25) is 0 Å². The molecule has 1 aliphatic heterocycles. The summed E-state index contributed by atoms with van der Waals surface area (Å²) in [7, 11) is 0. The maximum Gasteiger partial charge on any atom is 0.250 e. The van der Waals surface area contributed by atoms with Crippen molar-refractivity contribution in [2.45, 2.75) is 26.3 Å². The first-order valence-corrected chi connectivity index (χ1v) is 6.07. The molecule has 4 heteroatoms. The number of rotatable bonds is 2. The van der Waals surface area contributed by atoms with Gasteiger partial charge in [0.25, 0.3) is 0 Å². The summed E-state index contributed by atoms with van der Waals surface area (Å²) in [5.74, 6) is 0.709. The first kappa shape index (κ1) is 11.0. The molecule has 1 amide bonds. The van der Waals surface area contributed by atoms with Gasteiger partial charge in [-0.05, 0) is 19.4 Å². The van der Waals surface area contributed by atoms with E-state index in [-0.39, 0.29) is 11.9 Å². The summed E-state index contributed by atoms with van der Waals surface area (Å²) in [5, 5.41) is 2.84. The van der Waals surface area contributed by atoms with Gasteiger partial charge in [-0.2, -0.15) is 0 Å². The number of imidazole rings is 1. The summed E-state index contributed by atoms with van der Waals surface area (Å²) in [6, 6.07) is 9.89. The van der Waals surface area contributed by atoms with E-state index in [2.05, 4.69) is 10.3 Å². The Bertz CT molecular complexity index is 601. The van der Waals surface area contributed by atoms with Gasteiger partial charge in [0, 0.05) is 12.1 Å². The van der Waals surface area contributed by atoms with E-state index in [1.54, 1.807) is 0 Å². The number of hydrogen-bond donors (Lipinski definition) is 1. The second-order valence-electron chi connectivity index (χ2n) is 4.67. The van der Waals surface area contributed by atoms with Crippen molar-refractivity contribution >= 4 is 11.9 Å². The number of aryl methyl sites for hydroxylation is 1. The highest BCUT2D eigenvalue weighted by Crippen LogP contribution is 2.30. The Kier molecular flexibility index (Phi) is 2.44. The molecule has 4 nitrogen and oxygen atoms in total. The fourth-order valence-electron chi connectivity index (χ4n) is 2.43. The SMILES string of the molecule is Cc1nc2n(c1C)C(Cc1ccccc1)C(=O)N2. The molecule has 1 unspecified atom stereocenters. The molecule has 2 heterocycles. The lowest BCUT2D eigenvalue weighted by molar-refractivity contribution is -0.118. The van der Waals surface area contributed by atoms with E-state index in [0.717, 1.165) is 17.0 Å². The molecule has 0 saturated heterocycles. The maximum absolute atomic E-state index is 12.0. The van der Waals surface area contributed by atoms with Crippen molar-refractivity contribution in [3.8, 4) is 0 Å². The molecule has 0 bridgehead atoms. The Morgan fingerprint density at radius 3 is 2.72 bits per heavy atom. The van der Waals surface area contributed by atoms with Gasteiger partial charge < -0.3 is 4.57 Å². The Balaban J connectivity index is 1.96. The molecule has 92 valence electrons. The summed E-state index contributed by atoms with van der Waals surface area (Å²) < 4.78 is 2.00. The van der Waals surface area contributed by atoms with Gasteiger partial charge in [0.1, 0.15) is 6.04 Å². The number of carbonyl (C=O) groups excluding carboxylic acids is 1. The second kappa shape index (κ2) is 3.98. The molecular formula is C14H15N3O. The first-order chi connectivity index (χ1) is 8.66. The van der Waals surface area contributed by atoms with E-state index in [4.69, 9.17) is 0 Å². The molecule has 1 aromatic carbocycles. The minimum absolute atomic E-state index is 0.0319. The molecule has 0 aliphatic carbocycles. The molecule has 2 aromatic rings. The molecule has 0 saturated carbocycles. The summed E-state index contributed by atoms with van der Waals surface area (Å²) >= 11 is 0. The summed E-state index contributed by atoms with van der Waals surface area (Å²) in [6.45, 7) is 3.97. The predicted molar refractivity (Wildman–Crippen MR) is 69.5 cm³/mol. The van der Waals surface area contributed by atoms with Gasteiger partial charge in [-0.1, -0.05) is 30.3 Å². The van der Waals surface area contributed by atoms with Crippen molar-refractivity contribution in [3.05, 3.63) is 47.3 Å². The fourth-order valence-corrected chi connectivity index (χ4v) is 2.43. The van der Waals surface area contributed by atoms with Crippen LogP contribution in [-0.2, 0) is 11.2 Å². The molecular weight excluding hydrogens is 226 g/mol. The van der Waals surface area contributed by atoms with Crippen LogP contribution in [-0.4, -0.2) is 15.5 Å². The molecule has 1 aliphatic rings. The van der Waals surface area contributed by atoms with Crippen molar-refractivity contribution in [1.82, 2.24) is 9.55 Å². The van der Waals surface area contributed by atoms with E-state index in [1.165, 1.54) is 0 Å². The van der Waals surface area contributed by atoms with Crippen LogP contribution < -0.4 is 5.32 Å². The van der Waals surface area contributed by atoms with Crippen LogP contribution in [0.25, 0.3) is 0 Å². The molecule has 1 atom stereocenters. The third kappa shape index (κ3) is 1.61. The maximum atomic E-state index is 12.0. The summed E-state index contributed by atoms with van der Waals surface area (Å²) in [4.78, 5) is 16.4. The number of nitrogens with zero attached hydrogens (tertiary/aromatic N) is 2. The average molecular weight is 241 g/mol. The predicted octanol–water partition coefficient (Wildman–Crippen LogP) is 2.24. The van der Waals surface area contributed by atoms with Crippen LogP contribution in [0.3, 0.4) is 0 Å². The van der Waals surface area contributed by atoms with Crippen molar-refractivity contribution in [3.63, 3.8) is 0 Å². The third-order valence-electron chi connectivity index (χ3n) is 3.51. The number of benzene rings is 1. The Morgan fingerprint density at radius 1 is 1.28 bits per heavy atom. The molecule has 0 spiro atoms. The normalized spacial score (nSPS) is 17.7. The quantitative estimate of drug-likeness (QED) is 0.876. The topological polar surface area (TPSA) is 46.9 Å². The van der Waals surface area contributed by atoms with Gasteiger partial charge in [0.05, 0.1) is 5.69 Å². The van der Waals surface area contributed by atoms with Gasteiger partial charge in [0.2, 0.25) is 11.9 Å². The van der Waals surface area contributed by atoms with Crippen LogP contribution >= 0.6 is 0 Å². The zero-order valence-corrected chi connectivity index (χ0v) is 10.5. The highest BCUT2D eigenvalue weighted by atomic mass is 16.2. The molecule has 0 fully saturated rings. The standard InChI is InChI=1S/C14H15N3O/c1-9-10(2)17-12(13(18)16-14(17)15-9)8-11-6-4-3-5-7-11/h3-7,12H,8H2,1-2H3,(H,15,16,18). The lowest BCUT2D eigenvalue weighted by Gasteiger charge is -2.12. The number of anilines is 1. The number of nitrogens with one attached hydrogen (secondary N) is 1. The van der Waals surface area contributed by atoms with Crippen molar-refractivity contribution in [2.24, 2.45) is 0 Å². The average Bonchev–Trinajstić information content (AvgIpc) is 2.80. The molecule has 18 heavy (non-hydrogen) atoms. The van der Waals surface area contributed by atoms with Crippen LogP contribution in [0.4, 0.5) is 5.95 Å². The monoisotopic (exact) mass is 241 g/mol. The van der Waals surface area contributed by atoms with Crippen molar-refractivity contribution in [1.29, 1.82) is 0 Å². The Morgan fingerprint density at radius 2 is 2.00 bits per heavy atom. The Labute approximate surface area is 106 Å². The number of aromatic nitrogens is 2. The number of amides is 1. The van der Waals surface area contributed by atoms with Gasteiger partial charge in [-0.15, -0.1) is 0 Å². The molecule has 1 aromatic heterocycles. The highest BCUT2D eigenvalue weighted by Gasteiger charge is 2.33. The third-order valence-corrected chi connectivity index (χ3v) is 3.51. The summed E-state index contributed by atoms with van der Waals surface area (Å²) in [6.07, 6.45) is 0.705. The van der Waals surface area contributed by atoms with E-state index in [9.17, 15) is 4.79 Å². The Hall–Kier alpha value is -2.10. The van der Waals surface area contributed by atoms with Gasteiger partial charge in [-0.3, -0.25) is 10.1 Å². The van der Waals surface area contributed by atoms with E-state index in [0.29, 0.717) is 12.4 Å². The zero-order chi connectivity index (χ0) is 12.7. The minimum Gasteiger partial charge on any atom is -0.301 e. The van der Waals surface area contributed by atoms with E-state index in [1.807, 2.05) is 48.7 Å². The van der Waals surface area contributed by atoms with Crippen molar-refractivity contribution in [2.75, 3.05) is 5.32 Å². The highest BCUT2D eigenvalue weighted by molar-refractivity contribution is 5.96. The number of hydrogen-bond acceptors (Lipinski definition) is 2. The lowest BCUT2D eigenvalue weighted by atomic mass is 10.1. The van der Waals surface area contributed by atoms with Crippen LogP contribution in [0.1, 0.15) is 23.0 Å². The molecule has 1 N–H and O–H groups in total. The van der Waals surface area contributed by atoms with E-state index < -0.39 is 0 Å². The van der Waals surface area contributed by atoms with Crippen LogP contribution in [0, 0.1) is 13.8 Å². The zero-order valence-electron chi connectivity index (χ0n) is 10.5. The fraction of sp³-hybridized carbons (Fsp3) is 0.286. The number of fused-ring (bicyclic) bond motifs is 1. The van der Waals surface area contributed by atoms with E-state index >= 15 is 0 Å². The van der Waals surface area contributed by atoms with Crippen molar-refractivity contribution < 1.29 is 4.79 Å². The van der Waals surface area contributed by atoms with Gasteiger partial charge >= 0.3 is 0 Å². The number of carbonyl (C=O) groups is 1. The summed E-state index contributed by atoms with van der Waals surface area (Å²) in [5.41, 5.74) is 3.20. The smallest absolute Gasteiger partial charge is 0.250 e. The largest absolute Gasteiger partial charge is 0.301 e. The van der Waals surface area contributed by atoms with Gasteiger partial charge in [-0.25, -0.2) is 4.98 Å². The lowest BCUT2D eigenvalue weighted by Crippen LogP contribution is -2.19. The minimum atomic E-state index is -0.177. The molecule has 3 rings (SSSR count). The van der Waals surface area contributed by atoms with Gasteiger partial charge in [0.15, 0.2) is 0 Å². The first-order valence-electron chi connectivity index (χ1n) is 6.07.